The fourth-order valence-corrected chi connectivity index (χ4v) is 8.29. The Balaban J connectivity index is 1.53. The molecule has 2 aromatic carbocycles. The summed E-state index contributed by atoms with van der Waals surface area (Å²) < 4.78 is 67.6. The van der Waals surface area contributed by atoms with Crippen molar-refractivity contribution in [1.29, 1.82) is 0 Å². The lowest BCUT2D eigenvalue weighted by molar-refractivity contribution is -0.279. The summed E-state index contributed by atoms with van der Waals surface area (Å²) in [6.07, 6.45) is 4.46. The third-order valence-corrected chi connectivity index (χ3v) is 11.2. The van der Waals surface area contributed by atoms with Crippen molar-refractivity contribution in [2.24, 2.45) is 5.92 Å². The van der Waals surface area contributed by atoms with E-state index in [1.54, 1.807) is 24.3 Å². The Morgan fingerprint density at radius 2 is 1.82 bits per heavy atom. The van der Waals surface area contributed by atoms with Crippen LogP contribution < -0.4 is 0 Å². The molecule has 3 aliphatic rings. The first-order chi connectivity index (χ1) is 18.4. The molecule has 1 heterocycles. The van der Waals surface area contributed by atoms with Crippen LogP contribution in [-0.4, -0.2) is 41.3 Å². The normalized spacial score (nSPS) is 28.0. The van der Waals surface area contributed by atoms with Crippen LogP contribution in [0.4, 0.5) is 13.2 Å². The number of rotatable bonds is 4. The topological polar surface area (TPSA) is 72.2 Å². The summed E-state index contributed by atoms with van der Waals surface area (Å²) >= 11 is 0. The van der Waals surface area contributed by atoms with Gasteiger partial charge in [0.1, 0.15) is 0 Å². The van der Waals surface area contributed by atoms with E-state index in [4.69, 9.17) is 5.10 Å². The molecule has 1 aromatic heterocycles. The summed E-state index contributed by atoms with van der Waals surface area (Å²) in [5.41, 5.74) is 2.48. The zero-order valence-electron chi connectivity index (χ0n) is 22.4. The molecule has 0 unspecified atom stereocenters. The number of halogens is 3. The van der Waals surface area contributed by atoms with Crippen molar-refractivity contribution in [3.05, 3.63) is 53.2 Å². The second kappa shape index (κ2) is 9.06. The highest BCUT2D eigenvalue weighted by Gasteiger charge is 2.60. The minimum absolute atomic E-state index is 0.241. The van der Waals surface area contributed by atoms with Crippen LogP contribution >= 0.6 is 0 Å². The quantitative estimate of drug-likeness (QED) is 0.382. The molecular formula is C30H35F3N2O3S. The molecule has 0 spiro atoms. The van der Waals surface area contributed by atoms with Crippen LogP contribution in [0.3, 0.4) is 0 Å². The van der Waals surface area contributed by atoms with Crippen LogP contribution in [0, 0.1) is 5.92 Å². The third kappa shape index (κ3) is 4.14. The average Bonchev–Trinajstić information content (AvgIpc) is 3.20. The van der Waals surface area contributed by atoms with Gasteiger partial charge >= 0.3 is 6.18 Å². The Kier molecular flexibility index (Phi) is 6.23. The molecule has 3 aromatic rings. The van der Waals surface area contributed by atoms with E-state index in [9.17, 15) is 26.7 Å². The van der Waals surface area contributed by atoms with E-state index in [0.29, 0.717) is 18.8 Å². The molecule has 9 heteroatoms. The molecule has 2 saturated carbocycles. The Labute approximate surface area is 227 Å². The number of hydrogen-bond acceptors (Lipinski definition) is 4. The minimum atomic E-state index is -4.63. The highest BCUT2D eigenvalue weighted by Crippen LogP contribution is 2.58. The number of fused-ring (bicyclic) bond motifs is 4. The van der Waals surface area contributed by atoms with Gasteiger partial charge in [-0.1, -0.05) is 13.3 Å². The van der Waals surface area contributed by atoms with Gasteiger partial charge < -0.3 is 5.11 Å². The monoisotopic (exact) mass is 560 g/mol. The van der Waals surface area contributed by atoms with Gasteiger partial charge in [-0.05, 0) is 122 Å². The van der Waals surface area contributed by atoms with Gasteiger partial charge in [0.05, 0.1) is 22.3 Å². The van der Waals surface area contributed by atoms with Gasteiger partial charge in [-0.15, -0.1) is 0 Å². The molecule has 3 atom stereocenters. The van der Waals surface area contributed by atoms with Crippen LogP contribution in [0.2, 0.25) is 0 Å². The van der Waals surface area contributed by atoms with E-state index in [1.807, 2.05) is 10.9 Å². The molecule has 39 heavy (non-hydrogen) atoms. The van der Waals surface area contributed by atoms with Crippen LogP contribution in [-0.2, 0) is 21.7 Å². The third-order valence-electron chi connectivity index (χ3n) is 10.1. The molecule has 6 rings (SSSR count). The number of hydrogen-bond donors (Lipinski definition) is 1. The van der Waals surface area contributed by atoms with Crippen molar-refractivity contribution in [2.45, 2.75) is 99.1 Å². The first-order valence-corrected chi connectivity index (χ1v) is 15.9. The van der Waals surface area contributed by atoms with Crippen LogP contribution in [0.5, 0.6) is 0 Å². The summed E-state index contributed by atoms with van der Waals surface area (Å²) in [4.78, 5) is 0.253. The first-order valence-electron chi connectivity index (χ1n) is 14.0. The van der Waals surface area contributed by atoms with Crippen molar-refractivity contribution in [3.63, 3.8) is 0 Å². The molecule has 2 fully saturated rings. The predicted octanol–water partition coefficient (Wildman–Crippen LogP) is 6.77. The van der Waals surface area contributed by atoms with Gasteiger partial charge in [-0.2, -0.15) is 18.3 Å². The Hall–Kier alpha value is -2.39. The lowest BCUT2D eigenvalue weighted by Gasteiger charge is -2.50. The lowest BCUT2D eigenvalue weighted by Crippen LogP contribution is -2.54. The fourth-order valence-electron chi connectivity index (χ4n) is 7.66. The molecule has 5 nitrogen and oxygen atoms in total. The van der Waals surface area contributed by atoms with Gasteiger partial charge in [-0.25, -0.2) is 13.1 Å². The molecule has 0 saturated heterocycles. The largest absolute Gasteiger partial charge is 0.417 e. The second-order valence-corrected chi connectivity index (χ2v) is 14.1. The van der Waals surface area contributed by atoms with E-state index >= 15 is 0 Å². The molecule has 0 bridgehead atoms. The maximum atomic E-state index is 13.9. The van der Waals surface area contributed by atoms with E-state index < -0.39 is 27.0 Å². The summed E-state index contributed by atoms with van der Waals surface area (Å²) in [5, 5.41) is 16.4. The maximum Gasteiger partial charge on any atom is 0.417 e. The standard InChI is InChI=1S/C30H35F3N2O3S/c1-3-28-14-15-29(36,30(31,32)33)17-21(28)8-5-9-24-25(28)16-20-18-34-35(27(20)26(24)19-6-4-7-19)22-10-12-23(13-11-22)39(2,37)38/h10-13,16,18-19,21,36H,3-9,14-15,17H2,1-2H3/t21-,28-,29-/m0/s1. The summed E-state index contributed by atoms with van der Waals surface area (Å²) in [6, 6.07) is 8.93. The number of aromatic nitrogens is 2. The van der Waals surface area contributed by atoms with E-state index in [0.717, 1.165) is 60.7 Å². The second-order valence-electron chi connectivity index (χ2n) is 12.0. The first kappa shape index (κ1) is 26.8. The minimum Gasteiger partial charge on any atom is -0.380 e. The summed E-state index contributed by atoms with van der Waals surface area (Å²) in [5.74, 6) is 0.128. The van der Waals surface area contributed by atoms with E-state index in [1.165, 1.54) is 17.4 Å². The molecule has 3 aliphatic carbocycles. The number of aliphatic hydroxyl groups is 1. The molecule has 0 amide bonds. The van der Waals surface area contributed by atoms with Crippen molar-refractivity contribution >= 4 is 20.7 Å². The van der Waals surface area contributed by atoms with Gasteiger partial charge in [0.25, 0.3) is 0 Å². The average molecular weight is 561 g/mol. The van der Waals surface area contributed by atoms with Gasteiger partial charge in [-0.3, -0.25) is 0 Å². The molecule has 210 valence electrons. The van der Waals surface area contributed by atoms with Crippen molar-refractivity contribution in [3.8, 4) is 5.69 Å². The van der Waals surface area contributed by atoms with Gasteiger partial charge in [0, 0.05) is 11.6 Å². The summed E-state index contributed by atoms with van der Waals surface area (Å²) in [6.45, 7) is 2.08. The van der Waals surface area contributed by atoms with E-state index in [-0.39, 0.29) is 23.7 Å². The highest BCUT2D eigenvalue weighted by atomic mass is 32.2. The SMILES string of the molecule is CC[C@]12CC[C@@](O)(C(F)(F)F)C[C@@H]1CCCc1c2cc2cnn(-c3ccc(S(C)(=O)=O)cc3)c2c1C1CCC1. The van der Waals surface area contributed by atoms with Crippen LogP contribution in [0.15, 0.2) is 41.4 Å². The van der Waals surface area contributed by atoms with Crippen molar-refractivity contribution in [2.75, 3.05) is 6.26 Å². The maximum absolute atomic E-state index is 13.9. The fraction of sp³-hybridized carbons (Fsp3) is 0.567. The Morgan fingerprint density at radius 3 is 2.41 bits per heavy atom. The Bertz CT molecular complexity index is 1530. The zero-order chi connectivity index (χ0) is 27.8. The lowest BCUT2D eigenvalue weighted by atomic mass is 9.56. The molecule has 0 aliphatic heterocycles. The molecular weight excluding hydrogens is 525 g/mol. The smallest absolute Gasteiger partial charge is 0.380 e. The molecule has 0 radical (unpaired) electrons. The number of alkyl halides is 3. The van der Waals surface area contributed by atoms with Gasteiger partial charge in [0.15, 0.2) is 15.4 Å². The predicted molar refractivity (Wildman–Crippen MR) is 144 cm³/mol. The van der Waals surface area contributed by atoms with Gasteiger partial charge in [0.2, 0.25) is 0 Å². The van der Waals surface area contributed by atoms with Crippen molar-refractivity contribution < 1.29 is 26.7 Å². The highest BCUT2D eigenvalue weighted by molar-refractivity contribution is 7.90. The number of nitrogens with zero attached hydrogens (tertiary/aromatic N) is 2. The van der Waals surface area contributed by atoms with Crippen LogP contribution in [0.25, 0.3) is 16.6 Å². The summed E-state index contributed by atoms with van der Waals surface area (Å²) in [7, 11) is -3.32. The zero-order valence-corrected chi connectivity index (χ0v) is 23.2. The van der Waals surface area contributed by atoms with Crippen LogP contribution in [0.1, 0.15) is 87.3 Å². The van der Waals surface area contributed by atoms with E-state index in [2.05, 4.69) is 13.0 Å². The van der Waals surface area contributed by atoms with Crippen molar-refractivity contribution in [1.82, 2.24) is 9.78 Å². The number of benzene rings is 2. The Morgan fingerprint density at radius 1 is 1.10 bits per heavy atom. The number of sulfone groups is 1. The molecule has 1 N–H and O–H groups in total.